The van der Waals surface area contributed by atoms with Gasteiger partial charge in [-0.15, -0.1) is 0 Å². The highest BCUT2D eigenvalue weighted by molar-refractivity contribution is 6.12. The van der Waals surface area contributed by atoms with Crippen molar-refractivity contribution in [3.05, 3.63) is 47.7 Å². The molecule has 0 spiro atoms. The minimum Gasteiger partial charge on any atom is -0.340 e. The molecule has 1 N–H and O–H groups in total. The standard InChI is InChI=1S/C27H34N4O2/c1-3-4-5-6-7-8-20-13-14-28-27-26(20)22-19-21(9-10-23(22)29-27)24(32)11-12-25(33)31-17-15-30(2)16-18-31/h7-10,13-14,19H,3-6,11-12,15-18H2,1-2H3,(H,28,29). The lowest BCUT2D eigenvalue weighted by molar-refractivity contribution is -0.132. The van der Waals surface area contributed by atoms with Crippen LogP contribution in [0.15, 0.2) is 36.5 Å². The van der Waals surface area contributed by atoms with Crippen molar-refractivity contribution < 1.29 is 9.59 Å². The number of Topliss-reactive ketones (excluding diaryl/α,β-unsaturated/α-hetero) is 1. The number of unbranched alkanes of at least 4 members (excludes halogenated alkanes) is 3. The Morgan fingerprint density at radius 1 is 1.09 bits per heavy atom. The van der Waals surface area contributed by atoms with E-state index in [1.807, 2.05) is 35.4 Å². The highest BCUT2D eigenvalue weighted by Crippen LogP contribution is 2.29. The molecule has 1 aromatic carbocycles. The number of H-pyrrole nitrogens is 1. The van der Waals surface area contributed by atoms with Crippen molar-refractivity contribution in [3.8, 4) is 0 Å². The number of fused-ring (bicyclic) bond motifs is 3. The van der Waals surface area contributed by atoms with E-state index in [2.05, 4.69) is 41.0 Å². The summed E-state index contributed by atoms with van der Waals surface area (Å²) in [6.07, 6.45) is 11.4. The monoisotopic (exact) mass is 446 g/mol. The molecular weight excluding hydrogens is 412 g/mol. The van der Waals surface area contributed by atoms with Crippen LogP contribution in [0.2, 0.25) is 0 Å². The van der Waals surface area contributed by atoms with Crippen molar-refractivity contribution in [1.29, 1.82) is 0 Å². The summed E-state index contributed by atoms with van der Waals surface area (Å²) < 4.78 is 0. The molecule has 1 fully saturated rings. The van der Waals surface area contributed by atoms with E-state index in [0.717, 1.165) is 60.1 Å². The summed E-state index contributed by atoms with van der Waals surface area (Å²) in [5.74, 6) is 0.0820. The third kappa shape index (κ3) is 5.50. The number of piperazine rings is 1. The molecule has 1 aliphatic heterocycles. The fraction of sp³-hybridized carbons (Fsp3) is 0.444. The molecular formula is C27H34N4O2. The zero-order valence-corrected chi connectivity index (χ0v) is 19.8. The van der Waals surface area contributed by atoms with Gasteiger partial charge in [0, 0.05) is 67.1 Å². The van der Waals surface area contributed by atoms with Crippen LogP contribution >= 0.6 is 0 Å². The lowest BCUT2D eigenvalue weighted by atomic mass is 10.0. The number of carbonyl (C=O) groups is 2. The predicted octanol–water partition coefficient (Wildman–Crippen LogP) is 5.05. The van der Waals surface area contributed by atoms with Crippen molar-refractivity contribution in [2.24, 2.45) is 0 Å². The molecule has 6 heteroatoms. The molecule has 6 nitrogen and oxygen atoms in total. The first-order valence-corrected chi connectivity index (χ1v) is 12.1. The summed E-state index contributed by atoms with van der Waals surface area (Å²) in [6, 6.07) is 7.77. The number of likely N-dealkylation sites (N-methyl/N-ethyl adjacent to an activating group) is 1. The Morgan fingerprint density at radius 3 is 2.70 bits per heavy atom. The molecule has 0 unspecified atom stereocenters. The third-order valence-corrected chi connectivity index (χ3v) is 6.54. The minimum atomic E-state index is 0.00859. The number of nitrogens with one attached hydrogen (secondary N) is 1. The second-order valence-electron chi connectivity index (χ2n) is 9.01. The second kappa shape index (κ2) is 10.8. The summed E-state index contributed by atoms with van der Waals surface area (Å²) in [5.41, 5.74) is 3.55. The third-order valence-electron chi connectivity index (χ3n) is 6.54. The maximum absolute atomic E-state index is 12.9. The van der Waals surface area contributed by atoms with Gasteiger partial charge in [-0.1, -0.05) is 31.9 Å². The Hall–Kier alpha value is -2.99. The SMILES string of the molecule is CCCCCC=Cc1ccnc2[nH]c3ccc(C(=O)CCC(=O)N4CCN(C)CC4)cc3c12. The van der Waals surface area contributed by atoms with Crippen LogP contribution in [-0.4, -0.2) is 64.7 Å². The molecule has 2 aromatic heterocycles. The second-order valence-corrected chi connectivity index (χ2v) is 9.01. The van der Waals surface area contributed by atoms with E-state index < -0.39 is 0 Å². The first-order chi connectivity index (χ1) is 16.1. The van der Waals surface area contributed by atoms with Crippen LogP contribution in [0.4, 0.5) is 0 Å². The van der Waals surface area contributed by atoms with Crippen LogP contribution in [0.3, 0.4) is 0 Å². The number of carbonyl (C=O) groups excluding carboxylic acids is 2. The zero-order valence-electron chi connectivity index (χ0n) is 19.8. The Bertz CT molecular complexity index is 1160. The van der Waals surface area contributed by atoms with E-state index in [-0.39, 0.29) is 24.5 Å². The summed E-state index contributed by atoms with van der Waals surface area (Å²) in [4.78, 5) is 37.4. The predicted molar refractivity (Wildman–Crippen MR) is 134 cm³/mol. The molecule has 0 saturated carbocycles. The first kappa shape index (κ1) is 23.2. The van der Waals surface area contributed by atoms with Crippen LogP contribution in [0.25, 0.3) is 28.0 Å². The zero-order chi connectivity index (χ0) is 23.2. The topological polar surface area (TPSA) is 69.3 Å². The molecule has 3 heterocycles. The molecule has 1 amide bonds. The first-order valence-electron chi connectivity index (χ1n) is 12.1. The Kier molecular flexibility index (Phi) is 7.55. The van der Waals surface area contributed by atoms with Crippen molar-refractivity contribution in [2.75, 3.05) is 33.2 Å². The molecule has 0 atom stereocenters. The molecule has 174 valence electrons. The van der Waals surface area contributed by atoms with E-state index in [0.29, 0.717) is 5.56 Å². The molecule has 1 saturated heterocycles. The number of rotatable bonds is 9. The number of pyridine rings is 1. The molecule has 0 radical (unpaired) electrons. The Morgan fingerprint density at radius 2 is 1.91 bits per heavy atom. The van der Waals surface area contributed by atoms with Crippen LogP contribution in [0.5, 0.6) is 0 Å². The average Bonchev–Trinajstić information content (AvgIpc) is 3.21. The highest BCUT2D eigenvalue weighted by atomic mass is 16.2. The van der Waals surface area contributed by atoms with E-state index in [1.165, 1.54) is 19.3 Å². The van der Waals surface area contributed by atoms with E-state index >= 15 is 0 Å². The van der Waals surface area contributed by atoms with Gasteiger partial charge in [0.1, 0.15) is 5.65 Å². The normalized spacial score (nSPS) is 15.2. The molecule has 0 aliphatic carbocycles. The number of hydrogen-bond acceptors (Lipinski definition) is 4. The van der Waals surface area contributed by atoms with Crippen LogP contribution < -0.4 is 0 Å². The van der Waals surface area contributed by atoms with Gasteiger partial charge in [0.2, 0.25) is 5.91 Å². The van der Waals surface area contributed by atoms with Gasteiger partial charge in [-0.3, -0.25) is 9.59 Å². The number of nitrogens with zero attached hydrogens (tertiary/aromatic N) is 3. The number of ketones is 1. The van der Waals surface area contributed by atoms with Gasteiger partial charge in [-0.05, 0) is 49.7 Å². The Balaban J connectivity index is 1.50. The Labute approximate surface area is 195 Å². The average molecular weight is 447 g/mol. The lowest BCUT2D eigenvalue weighted by Crippen LogP contribution is -2.47. The van der Waals surface area contributed by atoms with Crippen LogP contribution in [-0.2, 0) is 4.79 Å². The van der Waals surface area contributed by atoms with Gasteiger partial charge in [0.05, 0.1) is 0 Å². The summed E-state index contributed by atoms with van der Waals surface area (Å²) >= 11 is 0. The summed E-state index contributed by atoms with van der Waals surface area (Å²) in [6.45, 7) is 5.48. The molecule has 3 aromatic rings. The summed E-state index contributed by atoms with van der Waals surface area (Å²) in [5, 5.41) is 2.05. The number of aromatic amines is 1. The van der Waals surface area contributed by atoms with Crippen molar-refractivity contribution in [3.63, 3.8) is 0 Å². The van der Waals surface area contributed by atoms with Crippen molar-refractivity contribution >= 4 is 39.7 Å². The van der Waals surface area contributed by atoms with Gasteiger partial charge >= 0.3 is 0 Å². The smallest absolute Gasteiger partial charge is 0.223 e. The molecule has 33 heavy (non-hydrogen) atoms. The maximum Gasteiger partial charge on any atom is 0.223 e. The van der Waals surface area contributed by atoms with E-state index in [4.69, 9.17) is 0 Å². The maximum atomic E-state index is 12.9. The van der Waals surface area contributed by atoms with E-state index in [9.17, 15) is 9.59 Å². The molecule has 0 bridgehead atoms. The van der Waals surface area contributed by atoms with E-state index in [1.54, 1.807) is 0 Å². The van der Waals surface area contributed by atoms with Gasteiger partial charge < -0.3 is 14.8 Å². The van der Waals surface area contributed by atoms with Gasteiger partial charge in [0.25, 0.3) is 0 Å². The summed E-state index contributed by atoms with van der Waals surface area (Å²) in [7, 11) is 2.06. The largest absolute Gasteiger partial charge is 0.340 e. The number of aromatic nitrogens is 2. The number of allylic oxidation sites excluding steroid dienone is 1. The van der Waals surface area contributed by atoms with Crippen LogP contribution in [0, 0.1) is 0 Å². The van der Waals surface area contributed by atoms with Gasteiger partial charge in [-0.2, -0.15) is 0 Å². The minimum absolute atomic E-state index is 0.00859. The van der Waals surface area contributed by atoms with Crippen molar-refractivity contribution in [2.45, 2.75) is 45.4 Å². The van der Waals surface area contributed by atoms with Crippen molar-refractivity contribution in [1.82, 2.24) is 19.8 Å². The number of hydrogen-bond donors (Lipinski definition) is 1. The molecule has 4 rings (SSSR count). The number of benzene rings is 1. The highest BCUT2D eigenvalue weighted by Gasteiger charge is 2.20. The number of amides is 1. The lowest BCUT2D eigenvalue weighted by Gasteiger charge is -2.32. The quantitative estimate of drug-likeness (QED) is 0.369. The van der Waals surface area contributed by atoms with Crippen LogP contribution in [0.1, 0.15) is 61.4 Å². The van der Waals surface area contributed by atoms with Gasteiger partial charge in [0.15, 0.2) is 5.78 Å². The molecule has 1 aliphatic rings. The van der Waals surface area contributed by atoms with Gasteiger partial charge in [-0.25, -0.2) is 4.98 Å². The fourth-order valence-electron chi connectivity index (χ4n) is 4.46. The fourth-order valence-corrected chi connectivity index (χ4v) is 4.46.